The number of benzene rings is 1. The van der Waals surface area contributed by atoms with E-state index in [4.69, 9.17) is 0 Å². The van der Waals surface area contributed by atoms with Crippen molar-refractivity contribution >= 4 is 39.6 Å². The highest BCUT2D eigenvalue weighted by molar-refractivity contribution is 7.15. The van der Waals surface area contributed by atoms with E-state index in [1.807, 2.05) is 0 Å². The fraction of sp³-hybridized carbons (Fsp3) is 0.294. The topological polar surface area (TPSA) is 110 Å². The Balaban J connectivity index is 1.39. The second-order valence-electron chi connectivity index (χ2n) is 5.84. The van der Waals surface area contributed by atoms with Crippen LogP contribution in [0.15, 0.2) is 24.3 Å². The zero-order chi connectivity index (χ0) is 19.9. The van der Waals surface area contributed by atoms with Crippen molar-refractivity contribution in [3.8, 4) is 0 Å². The van der Waals surface area contributed by atoms with Crippen molar-refractivity contribution in [2.45, 2.75) is 32.7 Å². The molecule has 0 aliphatic rings. The van der Waals surface area contributed by atoms with Gasteiger partial charge < -0.3 is 5.32 Å². The normalized spacial score (nSPS) is 10.6. The molecule has 11 heteroatoms. The van der Waals surface area contributed by atoms with Gasteiger partial charge >= 0.3 is 0 Å². The number of nitrogens with one attached hydrogen (secondary N) is 2. The molecule has 146 valence electrons. The van der Waals surface area contributed by atoms with Crippen molar-refractivity contribution in [2.24, 2.45) is 0 Å². The number of rotatable bonds is 8. The molecular formula is C17H17FN6O2S2. The predicted molar refractivity (Wildman–Crippen MR) is 104 cm³/mol. The van der Waals surface area contributed by atoms with E-state index in [0.717, 1.165) is 10.6 Å². The fourth-order valence-electron chi connectivity index (χ4n) is 2.24. The Morgan fingerprint density at radius 2 is 1.86 bits per heavy atom. The number of carbonyl (C=O) groups is 2. The van der Waals surface area contributed by atoms with Crippen LogP contribution in [0.4, 0.5) is 9.52 Å². The molecule has 0 aliphatic carbocycles. The highest BCUT2D eigenvalue weighted by atomic mass is 32.1. The molecule has 2 aromatic heterocycles. The van der Waals surface area contributed by atoms with Gasteiger partial charge in [0.2, 0.25) is 16.0 Å². The molecule has 0 unspecified atom stereocenters. The maximum absolute atomic E-state index is 12.8. The first kappa shape index (κ1) is 20.0. The van der Waals surface area contributed by atoms with Crippen molar-refractivity contribution in [1.82, 2.24) is 25.7 Å². The third-order valence-electron chi connectivity index (χ3n) is 3.61. The van der Waals surface area contributed by atoms with E-state index in [1.165, 1.54) is 34.8 Å². The molecule has 0 atom stereocenters. The monoisotopic (exact) mass is 420 g/mol. The van der Waals surface area contributed by atoms with E-state index in [2.05, 4.69) is 31.0 Å². The highest BCUT2D eigenvalue weighted by Crippen LogP contribution is 2.17. The zero-order valence-electron chi connectivity index (χ0n) is 14.9. The molecule has 3 aromatic rings. The standard InChI is InChI=1S/C17H17FN6O2S2/c1-10-21-24-17(27-10)20-15(26)16-23-22-14(28-16)4-2-3-13(25)19-9-11-5-7-12(18)8-6-11/h5-8H,2-4,9H2,1H3,(H,19,25)(H,20,24,26). The third-order valence-corrected chi connectivity index (χ3v) is 5.34. The summed E-state index contributed by atoms with van der Waals surface area (Å²) in [5.41, 5.74) is 0.833. The summed E-state index contributed by atoms with van der Waals surface area (Å²) >= 11 is 2.46. The minimum atomic E-state index is -0.378. The van der Waals surface area contributed by atoms with Crippen LogP contribution >= 0.6 is 22.7 Å². The van der Waals surface area contributed by atoms with Gasteiger partial charge in [0.05, 0.1) is 0 Å². The van der Waals surface area contributed by atoms with Gasteiger partial charge in [0, 0.05) is 19.4 Å². The van der Waals surface area contributed by atoms with Crippen LogP contribution in [0, 0.1) is 12.7 Å². The van der Waals surface area contributed by atoms with Crippen LogP contribution in [0.1, 0.15) is 38.2 Å². The molecule has 0 spiro atoms. The van der Waals surface area contributed by atoms with Crippen molar-refractivity contribution in [2.75, 3.05) is 5.32 Å². The molecule has 0 saturated heterocycles. The van der Waals surface area contributed by atoms with Gasteiger partial charge in [0.1, 0.15) is 15.8 Å². The van der Waals surface area contributed by atoms with E-state index in [-0.39, 0.29) is 22.6 Å². The number of halogens is 1. The van der Waals surface area contributed by atoms with Crippen LogP contribution in [0.3, 0.4) is 0 Å². The summed E-state index contributed by atoms with van der Waals surface area (Å²) < 4.78 is 12.8. The van der Waals surface area contributed by atoms with Crippen LogP contribution in [-0.4, -0.2) is 32.2 Å². The molecule has 2 N–H and O–H groups in total. The molecule has 28 heavy (non-hydrogen) atoms. The van der Waals surface area contributed by atoms with Gasteiger partial charge in [-0.3, -0.25) is 14.9 Å². The van der Waals surface area contributed by atoms with Crippen molar-refractivity contribution in [3.63, 3.8) is 0 Å². The number of nitrogens with zero attached hydrogens (tertiary/aromatic N) is 4. The lowest BCUT2D eigenvalue weighted by molar-refractivity contribution is -0.121. The first-order valence-electron chi connectivity index (χ1n) is 8.44. The number of hydrogen-bond acceptors (Lipinski definition) is 8. The van der Waals surface area contributed by atoms with Gasteiger partial charge in [0.15, 0.2) is 0 Å². The van der Waals surface area contributed by atoms with E-state index in [9.17, 15) is 14.0 Å². The molecule has 8 nitrogen and oxygen atoms in total. The number of amides is 2. The summed E-state index contributed by atoms with van der Waals surface area (Å²) in [7, 11) is 0. The van der Waals surface area contributed by atoms with Crippen LogP contribution in [0.2, 0.25) is 0 Å². The van der Waals surface area contributed by atoms with Crippen LogP contribution in [0.25, 0.3) is 0 Å². The summed E-state index contributed by atoms with van der Waals surface area (Å²) in [4.78, 5) is 24.0. The van der Waals surface area contributed by atoms with Crippen molar-refractivity contribution in [3.05, 3.63) is 50.7 Å². The smallest absolute Gasteiger partial charge is 0.288 e. The quantitative estimate of drug-likeness (QED) is 0.580. The fourth-order valence-corrected chi connectivity index (χ4v) is 3.60. The van der Waals surface area contributed by atoms with E-state index < -0.39 is 0 Å². The molecule has 3 rings (SSSR count). The molecule has 0 radical (unpaired) electrons. The Morgan fingerprint density at radius 3 is 2.57 bits per heavy atom. The molecule has 2 amide bonds. The zero-order valence-corrected chi connectivity index (χ0v) is 16.6. The number of aromatic nitrogens is 4. The van der Waals surface area contributed by atoms with Crippen LogP contribution in [0.5, 0.6) is 0 Å². The summed E-state index contributed by atoms with van der Waals surface area (Å²) in [6.45, 7) is 2.15. The maximum atomic E-state index is 12.8. The largest absolute Gasteiger partial charge is 0.352 e. The maximum Gasteiger partial charge on any atom is 0.288 e. The summed E-state index contributed by atoms with van der Waals surface area (Å²) in [5.74, 6) is -0.783. The molecule has 0 fully saturated rings. The number of hydrogen-bond donors (Lipinski definition) is 2. The summed E-state index contributed by atoms with van der Waals surface area (Å²) in [5, 5.41) is 23.0. The Morgan fingerprint density at radius 1 is 1.07 bits per heavy atom. The molecular weight excluding hydrogens is 403 g/mol. The molecule has 0 aliphatic heterocycles. The Hall–Kier alpha value is -2.79. The van der Waals surface area contributed by atoms with E-state index >= 15 is 0 Å². The Labute approximate surface area is 168 Å². The molecule has 0 bridgehead atoms. The summed E-state index contributed by atoms with van der Waals surface area (Å²) in [6, 6.07) is 5.98. The van der Waals surface area contributed by atoms with Crippen molar-refractivity contribution in [1.29, 1.82) is 0 Å². The average molecular weight is 420 g/mol. The second kappa shape index (κ2) is 9.42. The SMILES string of the molecule is Cc1nnc(NC(=O)c2nnc(CCCC(=O)NCc3ccc(F)cc3)s2)s1. The average Bonchev–Trinajstić information content (AvgIpc) is 3.30. The van der Waals surface area contributed by atoms with E-state index in [1.54, 1.807) is 19.1 Å². The van der Waals surface area contributed by atoms with Crippen LogP contribution < -0.4 is 10.6 Å². The Bertz CT molecular complexity index is 957. The lowest BCUT2D eigenvalue weighted by atomic mass is 10.2. The minimum Gasteiger partial charge on any atom is -0.352 e. The lowest BCUT2D eigenvalue weighted by Gasteiger charge is -2.04. The molecule has 1 aromatic carbocycles. The Kier molecular flexibility index (Phi) is 6.71. The molecule has 2 heterocycles. The number of aryl methyl sites for hydroxylation is 2. The predicted octanol–water partition coefficient (Wildman–Crippen LogP) is 2.73. The first-order valence-corrected chi connectivity index (χ1v) is 10.1. The second-order valence-corrected chi connectivity index (χ2v) is 8.08. The molecule has 0 saturated carbocycles. The van der Waals surface area contributed by atoms with Gasteiger partial charge in [-0.2, -0.15) is 0 Å². The van der Waals surface area contributed by atoms with E-state index in [0.29, 0.717) is 35.9 Å². The minimum absolute atomic E-state index is 0.0987. The van der Waals surface area contributed by atoms with Crippen molar-refractivity contribution < 1.29 is 14.0 Å². The lowest BCUT2D eigenvalue weighted by Crippen LogP contribution is -2.22. The van der Waals surface area contributed by atoms with Crippen LogP contribution in [-0.2, 0) is 17.8 Å². The van der Waals surface area contributed by atoms with Gasteiger partial charge in [-0.1, -0.05) is 34.8 Å². The van der Waals surface area contributed by atoms with Gasteiger partial charge in [-0.25, -0.2) is 4.39 Å². The van der Waals surface area contributed by atoms with Gasteiger partial charge in [-0.15, -0.1) is 20.4 Å². The third kappa shape index (κ3) is 5.86. The first-order chi connectivity index (χ1) is 13.5. The number of carbonyl (C=O) groups excluding carboxylic acids is 2. The summed E-state index contributed by atoms with van der Waals surface area (Å²) in [6.07, 6.45) is 1.46. The van der Waals surface area contributed by atoms with Gasteiger partial charge in [-0.05, 0) is 31.0 Å². The number of anilines is 1. The highest BCUT2D eigenvalue weighted by Gasteiger charge is 2.15. The van der Waals surface area contributed by atoms with Gasteiger partial charge in [0.25, 0.3) is 5.91 Å².